The van der Waals surface area contributed by atoms with Crippen LogP contribution in [0.15, 0.2) is 79.1 Å². The van der Waals surface area contributed by atoms with Crippen LogP contribution in [0.1, 0.15) is 17.3 Å². The lowest BCUT2D eigenvalue weighted by atomic mass is 10.1. The molecule has 150 valence electrons. The number of imidazole rings is 1. The highest BCUT2D eigenvalue weighted by atomic mass is 35.5. The molecule has 1 atom stereocenters. The second-order valence-corrected chi connectivity index (χ2v) is 7.24. The highest BCUT2D eigenvalue weighted by Crippen LogP contribution is 2.21. The van der Waals surface area contributed by atoms with Crippen molar-refractivity contribution in [2.24, 2.45) is 0 Å². The van der Waals surface area contributed by atoms with Gasteiger partial charge >= 0.3 is 0 Å². The van der Waals surface area contributed by atoms with Crippen LogP contribution in [-0.2, 0) is 4.79 Å². The van der Waals surface area contributed by atoms with E-state index in [1.807, 2.05) is 47.1 Å². The van der Waals surface area contributed by atoms with Gasteiger partial charge in [-0.2, -0.15) is 0 Å². The zero-order chi connectivity index (χ0) is 21.1. The molecule has 4 aromatic rings. The molecule has 6 nitrogen and oxygen atoms in total. The maximum Gasteiger partial charge on any atom is 0.253 e. The number of nitrogens with zero attached hydrogens (tertiary/aromatic N) is 2. The summed E-state index contributed by atoms with van der Waals surface area (Å²) in [7, 11) is 0. The number of hydrogen-bond acceptors (Lipinski definition) is 3. The number of carbonyl (C=O) groups is 2. The molecule has 2 N–H and O–H groups in total. The Morgan fingerprint density at radius 1 is 1.00 bits per heavy atom. The summed E-state index contributed by atoms with van der Waals surface area (Å²) in [6.07, 6.45) is 3.90. The average Bonchev–Trinajstić information content (AvgIpc) is 3.18. The molecule has 2 aromatic carbocycles. The van der Waals surface area contributed by atoms with Gasteiger partial charge in [0.25, 0.3) is 5.91 Å². The van der Waals surface area contributed by atoms with Crippen LogP contribution in [0.5, 0.6) is 0 Å². The molecular weight excluding hydrogens is 400 g/mol. The number of anilines is 1. The maximum absolute atomic E-state index is 12.5. The first-order valence-electron chi connectivity index (χ1n) is 9.42. The van der Waals surface area contributed by atoms with Crippen molar-refractivity contribution in [1.82, 2.24) is 14.7 Å². The van der Waals surface area contributed by atoms with E-state index in [0.717, 1.165) is 16.9 Å². The predicted octanol–water partition coefficient (Wildman–Crippen LogP) is 4.41. The van der Waals surface area contributed by atoms with Crippen LogP contribution in [0.4, 0.5) is 5.69 Å². The van der Waals surface area contributed by atoms with Crippen molar-refractivity contribution in [2.45, 2.75) is 13.0 Å². The Kier molecular flexibility index (Phi) is 5.50. The largest absolute Gasteiger partial charge is 0.340 e. The van der Waals surface area contributed by atoms with Crippen LogP contribution in [0.2, 0.25) is 5.02 Å². The van der Waals surface area contributed by atoms with Gasteiger partial charge in [-0.05, 0) is 43.3 Å². The van der Waals surface area contributed by atoms with Gasteiger partial charge in [0.1, 0.15) is 11.7 Å². The standard InChI is InChI=1S/C23H19ClN4O2/c1-15(25-23(30)18-6-2-3-7-19(18)24)22(29)26-17-11-9-16(10-12-17)20-14-28-13-5-4-8-21(28)27-20/h2-15H,1H3,(H,25,30)(H,26,29)/t15-/m0/s1. The van der Waals surface area contributed by atoms with E-state index >= 15 is 0 Å². The van der Waals surface area contributed by atoms with E-state index < -0.39 is 11.9 Å². The SMILES string of the molecule is C[C@H](NC(=O)c1ccccc1Cl)C(=O)Nc1ccc(-c2cn3ccccc3n2)cc1. The van der Waals surface area contributed by atoms with Gasteiger partial charge in [0, 0.05) is 23.6 Å². The van der Waals surface area contributed by atoms with Crippen molar-refractivity contribution in [3.05, 3.63) is 89.7 Å². The number of hydrogen-bond donors (Lipinski definition) is 2. The highest BCUT2D eigenvalue weighted by molar-refractivity contribution is 6.33. The number of halogens is 1. The predicted molar refractivity (Wildman–Crippen MR) is 118 cm³/mol. The summed E-state index contributed by atoms with van der Waals surface area (Å²) in [6, 6.07) is 19.2. The van der Waals surface area contributed by atoms with E-state index in [-0.39, 0.29) is 5.91 Å². The number of rotatable bonds is 5. The van der Waals surface area contributed by atoms with Gasteiger partial charge in [-0.3, -0.25) is 9.59 Å². The van der Waals surface area contributed by atoms with E-state index in [4.69, 9.17) is 11.6 Å². The highest BCUT2D eigenvalue weighted by Gasteiger charge is 2.18. The quantitative estimate of drug-likeness (QED) is 0.504. The fraction of sp³-hybridized carbons (Fsp3) is 0.0870. The van der Waals surface area contributed by atoms with Crippen molar-refractivity contribution >= 4 is 34.7 Å². The minimum atomic E-state index is -0.730. The van der Waals surface area contributed by atoms with Gasteiger partial charge in [-0.25, -0.2) is 4.98 Å². The smallest absolute Gasteiger partial charge is 0.253 e. The molecule has 4 rings (SSSR count). The van der Waals surface area contributed by atoms with Crippen molar-refractivity contribution in [3.8, 4) is 11.3 Å². The first kappa shape index (κ1) is 19.7. The van der Waals surface area contributed by atoms with Crippen molar-refractivity contribution in [1.29, 1.82) is 0 Å². The third-order valence-corrected chi connectivity index (χ3v) is 5.00. The maximum atomic E-state index is 12.5. The van der Waals surface area contributed by atoms with Crippen LogP contribution in [0.25, 0.3) is 16.9 Å². The van der Waals surface area contributed by atoms with Crippen LogP contribution in [0, 0.1) is 0 Å². The molecule has 0 unspecified atom stereocenters. The van der Waals surface area contributed by atoms with Crippen molar-refractivity contribution in [2.75, 3.05) is 5.32 Å². The normalized spacial score (nSPS) is 11.8. The van der Waals surface area contributed by atoms with Crippen LogP contribution < -0.4 is 10.6 Å². The van der Waals surface area contributed by atoms with Gasteiger partial charge in [0.15, 0.2) is 0 Å². The van der Waals surface area contributed by atoms with Gasteiger partial charge in [-0.15, -0.1) is 0 Å². The first-order chi connectivity index (χ1) is 14.5. The Labute approximate surface area is 178 Å². The van der Waals surface area contributed by atoms with E-state index in [9.17, 15) is 9.59 Å². The number of fused-ring (bicyclic) bond motifs is 1. The van der Waals surface area contributed by atoms with Crippen molar-refractivity contribution in [3.63, 3.8) is 0 Å². The van der Waals surface area contributed by atoms with Gasteiger partial charge in [-0.1, -0.05) is 41.9 Å². The van der Waals surface area contributed by atoms with Crippen molar-refractivity contribution < 1.29 is 9.59 Å². The van der Waals surface area contributed by atoms with E-state index in [0.29, 0.717) is 16.3 Å². The molecule has 0 bridgehead atoms. The molecule has 0 saturated carbocycles. The van der Waals surface area contributed by atoms with Gasteiger partial charge < -0.3 is 15.0 Å². The summed E-state index contributed by atoms with van der Waals surface area (Å²) < 4.78 is 1.95. The lowest BCUT2D eigenvalue weighted by Gasteiger charge is -2.15. The molecule has 0 aliphatic carbocycles. The fourth-order valence-corrected chi connectivity index (χ4v) is 3.26. The number of carbonyl (C=O) groups excluding carboxylic acids is 2. The summed E-state index contributed by atoms with van der Waals surface area (Å²) in [4.78, 5) is 29.4. The lowest BCUT2D eigenvalue weighted by molar-refractivity contribution is -0.117. The molecule has 0 radical (unpaired) electrons. The zero-order valence-corrected chi connectivity index (χ0v) is 16.9. The molecular formula is C23H19ClN4O2. The van der Waals surface area contributed by atoms with Crippen LogP contribution >= 0.6 is 11.6 Å². The van der Waals surface area contributed by atoms with E-state index in [1.54, 1.807) is 43.3 Å². The molecule has 0 aliphatic heterocycles. The molecule has 2 heterocycles. The Balaban J connectivity index is 1.40. The molecule has 0 spiro atoms. The number of aromatic nitrogens is 2. The molecule has 30 heavy (non-hydrogen) atoms. The summed E-state index contributed by atoms with van der Waals surface area (Å²) in [5.41, 5.74) is 3.62. The topological polar surface area (TPSA) is 75.5 Å². The Hall–Kier alpha value is -3.64. The number of benzene rings is 2. The average molecular weight is 419 g/mol. The zero-order valence-electron chi connectivity index (χ0n) is 16.2. The second-order valence-electron chi connectivity index (χ2n) is 6.83. The second kappa shape index (κ2) is 8.39. The molecule has 7 heteroatoms. The Bertz CT molecular complexity index is 1180. The minimum Gasteiger partial charge on any atom is -0.340 e. The third kappa shape index (κ3) is 4.18. The lowest BCUT2D eigenvalue weighted by Crippen LogP contribution is -2.41. The summed E-state index contributed by atoms with van der Waals surface area (Å²) >= 11 is 6.04. The monoisotopic (exact) mass is 418 g/mol. The summed E-state index contributed by atoms with van der Waals surface area (Å²) in [6.45, 7) is 1.62. The summed E-state index contributed by atoms with van der Waals surface area (Å²) in [5, 5.41) is 5.81. The minimum absolute atomic E-state index is 0.323. The van der Waals surface area contributed by atoms with Gasteiger partial charge in [0.05, 0.1) is 16.3 Å². The fourth-order valence-electron chi connectivity index (χ4n) is 3.03. The molecule has 0 fully saturated rings. The number of pyridine rings is 1. The van der Waals surface area contributed by atoms with E-state index in [1.165, 1.54) is 0 Å². The molecule has 2 amide bonds. The van der Waals surface area contributed by atoms with Crippen LogP contribution in [0.3, 0.4) is 0 Å². The van der Waals surface area contributed by atoms with Crippen LogP contribution in [-0.4, -0.2) is 27.2 Å². The van der Waals surface area contributed by atoms with E-state index in [2.05, 4.69) is 15.6 Å². The molecule has 2 aromatic heterocycles. The Morgan fingerprint density at radius 3 is 2.47 bits per heavy atom. The Morgan fingerprint density at radius 2 is 1.73 bits per heavy atom. The molecule has 0 saturated heterocycles. The summed E-state index contributed by atoms with van der Waals surface area (Å²) in [5.74, 6) is -0.721. The molecule has 0 aliphatic rings. The number of amides is 2. The first-order valence-corrected chi connectivity index (χ1v) is 9.79. The third-order valence-electron chi connectivity index (χ3n) is 4.67. The van der Waals surface area contributed by atoms with Gasteiger partial charge in [0.2, 0.25) is 5.91 Å². The number of nitrogens with one attached hydrogen (secondary N) is 2.